The number of benzene rings is 1. The molecule has 1 aromatic rings. The molecule has 0 aromatic heterocycles. The van der Waals surface area contributed by atoms with E-state index in [1.807, 2.05) is 56.9 Å². The maximum atomic E-state index is 12.5. The molecule has 0 aliphatic carbocycles. The number of hydrogen-bond donors (Lipinski definition) is 0. The summed E-state index contributed by atoms with van der Waals surface area (Å²) in [5, 5.41) is 0. The molecular formula is C14H19NO2. The molecule has 0 radical (unpaired) electrons. The van der Waals surface area contributed by atoms with Gasteiger partial charge in [-0.1, -0.05) is 18.2 Å². The average molecular weight is 233 g/mol. The van der Waals surface area contributed by atoms with E-state index in [1.54, 1.807) is 0 Å². The molecule has 1 heterocycles. The molecule has 1 aromatic carbocycles. The van der Waals surface area contributed by atoms with Crippen LogP contribution in [0.15, 0.2) is 24.3 Å². The fourth-order valence-electron chi connectivity index (χ4n) is 2.34. The van der Waals surface area contributed by atoms with Crippen LogP contribution in [0.25, 0.3) is 0 Å². The Bertz CT molecular complexity index is 440. The van der Waals surface area contributed by atoms with Gasteiger partial charge in [-0.15, -0.1) is 0 Å². The van der Waals surface area contributed by atoms with Gasteiger partial charge in [0, 0.05) is 5.56 Å². The van der Waals surface area contributed by atoms with Crippen molar-refractivity contribution >= 4 is 5.91 Å². The lowest BCUT2D eigenvalue weighted by Crippen LogP contribution is -2.47. The van der Waals surface area contributed by atoms with Gasteiger partial charge >= 0.3 is 0 Å². The Balaban J connectivity index is 2.35. The van der Waals surface area contributed by atoms with Crippen molar-refractivity contribution in [1.82, 2.24) is 4.90 Å². The minimum absolute atomic E-state index is 0.0538. The van der Waals surface area contributed by atoms with Crippen LogP contribution < -0.4 is 0 Å². The van der Waals surface area contributed by atoms with Crippen LogP contribution in [0.2, 0.25) is 0 Å². The molecule has 0 bridgehead atoms. The molecular weight excluding hydrogens is 214 g/mol. The summed E-state index contributed by atoms with van der Waals surface area (Å²) in [6, 6.07) is 7.68. The van der Waals surface area contributed by atoms with E-state index in [2.05, 4.69) is 0 Å². The molecule has 0 spiro atoms. The van der Waals surface area contributed by atoms with Crippen LogP contribution in [0.4, 0.5) is 0 Å². The smallest absolute Gasteiger partial charge is 0.256 e. The summed E-state index contributed by atoms with van der Waals surface area (Å²) < 4.78 is 5.57. The summed E-state index contributed by atoms with van der Waals surface area (Å²) in [5.41, 5.74) is 1.53. The highest BCUT2D eigenvalue weighted by Gasteiger charge is 2.41. The van der Waals surface area contributed by atoms with Crippen LogP contribution in [0.5, 0.6) is 0 Å². The molecule has 0 N–H and O–H groups in total. The van der Waals surface area contributed by atoms with Crippen LogP contribution >= 0.6 is 0 Å². The van der Waals surface area contributed by atoms with Gasteiger partial charge < -0.3 is 9.64 Å². The van der Waals surface area contributed by atoms with Gasteiger partial charge in [-0.25, -0.2) is 0 Å². The lowest BCUT2D eigenvalue weighted by atomic mass is 10.0. The molecule has 3 nitrogen and oxygen atoms in total. The lowest BCUT2D eigenvalue weighted by Gasteiger charge is -2.32. The third-order valence-electron chi connectivity index (χ3n) is 3.29. The van der Waals surface area contributed by atoms with Crippen LogP contribution in [0.3, 0.4) is 0 Å². The van der Waals surface area contributed by atoms with Crippen molar-refractivity contribution in [1.29, 1.82) is 0 Å². The van der Waals surface area contributed by atoms with E-state index in [4.69, 9.17) is 4.74 Å². The number of ether oxygens (including phenoxy) is 1. The lowest BCUT2D eigenvalue weighted by molar-refractivity contribution is 0.0307. The molecule has 3 heteroatoms. The van der Waals surface area contributed by atoms with Crippen molar-refractivity contribution in [2.24, 2.45) is 0 Å². The number of carbonyl (C=O) groups excluding carboxylic acids is 1. The number of nitrogens with zero attached hydrogens (tertiary/aromatic N) is 1. The predicted molar refractivity (Wildman–Crippen MR) is 66.8 cm³/mol. The Hall–Kier alpha value is -1.35. The molecule has 1 aliphatic rings. The van der Waals surface area contributed by atoms with Crippen molar-refractivity contribution < 1.29 is 9.53 Å². The molecule has 17 heavy (non-hydrogen) atoms. The summed E-state index contributed by atoms with van der Waals surface area (Å²) in [5.74, 6) is 0.0538. The second kappa shape index (κ2) is 4.15. The zero-order valence-corrected chi connectivity index (χ0v) is 10.9. The zero-order chi connectivity index (χ0) is 12.6. The number of carbonyl (C=O) groups is 1. The Morgan fingerprint density at radius 1 is 1.41 bits per heavy atom. The van der Waals surface area contributed by atoms with E-state index in [0.717, 1.165) is 11.1 Å². The first-order chi connectivity index (χ1) is 7.93. The summed E-state index contributed by atoms with van der Waals surface area (Å²) in [6.07, 6.45) is -0.155. The minimum Gasteiger partial charge on any atom is -0.356 e. The summed E-state index contributed by atoms with van der Waals surface area (Å²) >= 11 is 0. The Morgan fingerprint density at radius 2 is 2.06 bits per heavy atom. The molecule has 1 fully saturated rings. The maximum absolute atomic E-state index is 12.5. The van der Waals surface area contributed by atoms with E-state index >= 15 is 0 Å². The van der Waals surface area contributed by atoms with Crippen molar-refractivity contribution in [2.45, 2.75) is 39.5 Å². The van der Waals surface area contributed by atoms with Crippen LogP contribution in [0, 0.1) is 6.92 Å². The second-order valence-corrected chi connectivity index (χ2v) is 5.21. The van der Waals surface area contributed by atoms with Gasteiger partial charge in [0.15, 0.2) is 0 Å². The fraction of sp³-hybridized carbons (Fsp3) is 0.500. The summed E-state index contributed by atoms with van der Waals surface area (Å²) in [6.45, 7) is 8.54. The maximum Gasteiger partial charge on any atom is 0.256 e. The monoisotopic (exact) mass is 233 g/mol. The van der Waals surface area contributed by atoms with Gasteiger partial charge in [-0.2, -0.15) is 0 Å². The van der Waals surface area contributed by atoms with E-state index in [9.17, 15) is 4.79 Å². The molecule has 2 rings (SSSR count). The molecule has 0 saturated carbocycles. The molecule has 1 unspecified atom stereocenters. The second-order valence-electron chi connectivity index (χ2n) is 5.21. The summed E-state index contributed by atoms with van der Waals surface area (Å²) in [4.78, 5) is 14.4. The van der Waals surface area contributed by atoms with Gasteiger partial charge in [0.1, 0.15) is 6.23 Å². The summed E-state index contributed by atoms with van der Waals surface area (Å²) in [7, 11) is 0. The minimum atomic E-state index is -0.237. The first-order valence-electron chi connectivity index (χ1n) is 5.94. The Labute approximate surface area is 102 Å². The van der Waals surface area contributed by atoms with E-state index < -0.39 is 0 Å². The van der Waals surface area contributed by atoms with Gasteiger partial charge in [-0.05, 0) is 39.3 Å². The van der Waals surface area contributed by atoms with E-state index in [0.29, 0.717) is 6.61 Å². The van der Waals surface area contributed by atoms with Crippen LogP contribution in [0.1, 0.15) is 36.7 Å². The highest BCUT2D eigenvalue weighted by molar-refractivity contribution is 5.96. The van der Waals surface area contributed by atoms with Crippen LogP contribution in [-0.2, 0) is 4.74 Å². The first kappa shape index (κ1) is 12.1. The fourth-order valence-corrected chi connectivity index (χ4v) is 2.34. The Kier molecular flexibility index (Phi) is 2.96. The number of amides is 1. The van der Waals surface area contributed by atoms with Crippen LogP contribution in [-0.4, -0.2) is 29.2 Å². The number of rotatable bonds is 1. The van der Waals surface area contributed by atoms with Gasteiger partial charge in [0.25, 0.3) is 5.91 Å². The number of aryl methyl sites for hydroxylation is 1. The van der Waals surface area contributed by atoms with Gasteiger partial charge in [0.2, 0.25) is 0 Å². The average Bonchev–Trinajstić information content (AvgIpc) is 2.53. The SMILES string of the molecule is Cc1ccccc1C(=O)N1C(C)OCC1(C)C. The molecule has 1 saturated heterocycles. The van der Waals surface area contributed by atoms with Crippen molar-refractivity contribution in [3.05, 3.63) is 35.4 Å². The standard InChI is InChI=1S/C14H19NO2/c1-10-7-5-6-8-12(10)13(16)15-11(2)17-9-14(15,3)4/h5-8,11H,9H2,1-4H3. The van der Waals surface area contributed by atoms with E-state index in [-0.39, 0.29) is 17.7 Å². The third kappa shape index (κ3) is 2.07. The van der Waals surface area contributed by atoms with Crippen molar-refractivity contribution in [3.63, 3.8) is 0 Å². The van der Waals surface area contributed by atoms with E-state index in [1.165, 1.54) is 0 Å². The highest BCUT2D eigenvalue weighted by atomic mass is 16.5. The zero-order valence-electron chi connectivity index (χ0n) is 10.9. The normalized spacial score (nSPS) is 22.8. The van der Waals surface area contributed by atoms with Gasteiger partial charge in [-0.3, -0.25) is 4.79 Å². The molecule has 1 atom stereocenters. The highest BCUT2D eigenvalue weighted by Crippen LogP contribution is 2.29. The van der Waals surface area contributed by atoms with Crippen molar-refractivity contribution in [3.8, 4) is 0 Å². The van der Waals surface area contributed by atoms with Crippen molar-refractivity contribution in [2.75, 3.05) is 6.61 Å². The van der Waals surface area contributed by atoms with Gasteiger partial charge in [0.05, 0.1) is 12.1 Å². The predicted octanol–water partition coefficient (Wildman–Crippen LogP) is 2.59. The molecule has 92 valence electrons. The largest absolute Gasteiger partial charge is 0.356 e. The quantitative estimate of drug-likeness (QED) is 0.746. The Morgan fingerprint density at radius 3 is 2.59 bits per heavy atom. The number of hydrogen-bond acceptors (Lipinski definition) is 2. The molecule has 1 aliphatic heterocycles. The topological polar surface area (TPSA) is 29.5 Å². The molecule has 1 amide bonds. The third-order valence-corrected chi connectivity index (χ3v) is 3.29. The first-order valence-corrected chi connectivity index (χ1v) is 5.94.